The molecule has 0 atom stereocenters. The van der Waals surface area contributed by atoms with Gasteiger partial charge in [0, 0.05) is 18.8 Å². The van der Waals surface area contributed by atoms with Gasteiger partial charge in [-0.25, -0.2) is 0 Å². The number of benzene rings is 1. The molecular formula is C17H17N5O3. The molecule has 1 fully saturated rings. The summed E-state index contributed by atoms with van der Waals surface area (Å²) in [4.78, 5) is 18.2. The van der Waals surface area contributed by atoms with E-state index >= 15 is 0 Å². The molecule has 1 aliphatic heterocycles. The highest BCUT2D eigenvalue weighted by atomic mass is 16.5. The molecule has 0 unspecified atom stereocenters. The van der Waals surface area contributed by atoms with Gasteiger partial charge in [0.25, 0.3) is 11.8 Å². The van der Waals surface area contributed by atoms with Crippen molar-refractivity contribution in [3.8, 4) is 17.2 Å². The highest BCUT2D eigenvalue weighted by Gasteiger charge is 2.33. The Balaban J connectivity index is 1.37. The minimum atomic E-state index is -0.0275. The second-order valence-electron chi connectivity index (χ2n) is 6.03. The van der Waals surface area contributed by atoms with Crippen LogP contribution in [0.25, 0.3) is 11.5 Å². The van der Waals surface area contributed by atoms with Gasteiger partial charge < -0.3 is 14.2 Å². The average Bonchev–Trinajstić information content (AvgIpc) is 3.19. The summed E-state index contributed by atoms with van der Waals surface area (Å²) < 4.78 is 12.7. The number of nitrogens with zero attached hydrogens (tertiary/aromatic N) is 5. The van der Waals surface area contributed by atoms with E-state index in [1.807, 2.05) is 24.3 Å². The van der Waals surface area contributed by atoms with Gasteiger partial charge in [-0.2, -0.15) is 10.1 Å². The quantitative estimate of drug-likeness (QED) is 0.719. The zero-order chi connectivity index (χ0) is 17.4. The summed E-state index contributed by atoms with van der Waals surface area (Å²) in [6, 6.07) is 7.50. The van der Waals surface area contributed by atoms with Gasteiger partial charge in [0.15, 0.2) is 5.82 Å². The lowest BCUT2D eigenvalue weighted by molar-refractivity contribution is 0.0178. The maximum Gasteiger partial charge on any atom is 0.258 e. The Bertz CT molecular complexity index is 910. The van der Waals surface area contributed by atoms with Crippen LogP contribution in [-0.4, -0.2) is 49.9 Å². The molecule has 3 heterocycles. The van der Waals surface area contributed by atoms with Crippen LogP contribution in [0, 0.1) is 6.92 Å². The highest BCUT2D eigenvalue weighted by Crippen LogP contribution is 2.25. The fourth-order valence-electron chi connectivity index (χ4n) is 2.70. The summed E-state index contributed by atoms with van der Waals surface area (Å²) >= 11 is 0. The fourth-order valence-corrected chi connectivity index (χ4v) is 2.70. The van der Waals surface area contributed by atoms with Crippen LogP contribution >= 0.6 is 0 Å². The Hall–Kier alpha value is -3.16. The number of hydrogen-bond acceptors (Lipinski definition) is 6. The van der Waals surface area contributed by atoms with E-state index in [1.54, 1.807) is 35.9 Å². The lowest BCUT2D eigenvalue weighted by atomic mass is 10.1. The van der Waals surface area contributed by atoms with Crippen LogP contribution in [-0.2, 0) is 7.05 Å². The molecule has 0 N–H and O–H groups in total. The zero-order valence-electron chi connectivity index (χ0n) is 13.9. The van der Waals surface area contributed by atoms with E-state index in [0.717, 1.165) is 5.56 Å². The number of carbonyl (C=O) groups is 1. The standard InChI is InChI=1S/C17H17N5O3/c1-11-19-16(25-20-11)12-4-3-5-14(6-12)24-15-9-22(10-15)17(23)13-7-18-21(2)8-13/h3-8,15H,9-10H2,1-2H3. The molecule has 128 valence electrons. The van der Waals surface area contributed by atoms with Crippen LogP contribution in [0.4, 0.5) is 0 Å². The molecule has 8 heteroatoms. The average molecular weight is 339 g/mol. The van der Waals surface area contributed by atoms with Gasteiger partial charge in [-0.15, -0.1) is 0 Å². The van der Waals surface area contributed by atoms with Gasteiger partial charge in [0.1, 0.15) is 11.9 Å². The fraction of sp³-hybridized carbons (Fsp3) is 0.294. The van der Waals surface area contributed by atoms with Crippen LogP contribution in [0.2, 0.25) is 0 Å². The van der Waals surface area contributed by atoms with Gasteiger partial charge in [-0.3, -0.25) is 9.48 Å². The summed E-state index contributed by atoms with van der Waals surface area (Å²) in [7, 11) is 1.79. The third-order valence-corrected chi connectivity index (χ3v) is 4.00. The topological polar surface area (TPSA) is 86.3 Å². The zero-order valence-corrected chi connectivity index (χ0v) is 13.9. The van der Waals surface area contributed by atoms with Crippen molar-refractivity contribution in [2.45, 2.75) is 13.0 Å². The second-order valence-corrected chi connectivity index (χ2v) is 6.03. The number of aryl methyl sites for hydroxylation is 2. The minimum absolute atomic E-state index is 0.0250. The van der Waals surface area contributed by atoms with Crippen molar-refractivity contribution in [2.24, 2.45) is 7.05 Å². The number of aromatic nitrogens is 4. The molecule has 4 rings (SSSR count). The predicted octanol–water partition coefficient (Wildman–Crippen LogP) is 1.68. The first-order valence-electron chi connectivity index (χ1n) is 7.94. The van der Waals surface area contributed by atoms with Crippen LogP contribution in [0.5, 0.6) is 5.75 Å². The Kier molecular flexibility index (Phi) is 3.72. The second kappa shape index (κ2) is 6.04. The first-order chi connectivity index (χ1) is 12.1. The van der Waals surface area contributed by atoms with E-state index in [1.165, 1.54) is 0 Å². The van der Waals surface area contributed by atoms with Gasteiger partial charge in [-0.05, 0) is 25.1 Å². The Morgan fingerprint density at radius 2 is 2.20 bits per heavy atom. The number of ether oxygens (including phenoxy) is 1. The van der Waals surface area contributed by atoms with E-state index in [0.29, 0.717) is 36.1 Å². The summed E-state index contributed by atoms with van der Waals surface area (Å²) in [6.07, 6.45) is 3.26. The number of carbonyl (C=O) groups excluding carboxylic acids is 1. The molecule has 1 saturated heterocycles. The van der Waals surface area contributed by atoms with Crippen LogP contribution in [0.15, 0.2) is 41.2 Å². The van der Waals surface area contributed by atoms with Gasteiger partial charge in [-0.1, -0.05) is 11.2 Å². The molecule has 0 aliphatic carbocycles. The van der Waals surface area contributed by atoms with Gasteiger partial charge in [0.2, 0.25) is 0 Å². The van der Waals surface area contributed by atoms with Crippen molar-refractivity contribution < 1.29 is 14.1 Å². The summed E-state index contributed by atoms with van der Waals surface area (Å²) in [6.45, 7) is 2.88. The molecule has 0 bridgehead atoms. The number of likely N-dealkylation sites (tertiary alicyclic amines) is 1. The predicted molar refractivity (Wildman–Crippen MR) is 88.0 cm³/mol. The van der Waals surface area contributed by atoms with E-state index in [-0.39, 0.29) is 12.0 Å². The Morgan fingerprint density at radius 1 is 1.36 bits per heavy atom. The lowest BCUT2D eigenvalue weighted by Gasteiger charge is -2.38. The molecule has 0 spiro atoms. The summed E-state index contributed by atoms with van der Waals surface area (Å²) in [5.41, 5.74) is 1.40. The number of amides is 1. The van der Waals surface area contributed by atoms with Crippen LogP contribution in [0.3, 0.4) is 0 Å². The van der Waals surface area contributed by atoms with Crippen LogP contribution in [0.1, 0.15) is 16.2 Å². The Labute approximate surface area is 144 Å². The molecule has 0 radical (unpaired) electrons. The van der Waals surface area contributed by atoms with Crippen molar-refractivity contribution in [2.75, 3.05) is 13.1 Å². The molecule has 25 heavy (non-hydrogen) atoms. The number of hydrogen-bond donors (Lipinski definition) is 0. The van der Waals surface area contributed by atoms with E-state index in [4.69, 9.17) is 9.26 Å². The Morgan fingerprint density at radius 3 is 2.88 bits per heavy atom. The minimum Gasteiger partial charge on any atom is -0.487 e. The third-order valence-electron chi connectivity index (χ3n) is 4.00. The smallest absolute Gasteiger partial charge is 0.258 e. The van der Waals surface area contributed by atoms with Crippen molar-refractivity contribution in [1.82, 2.24) is 24.8 Å². The molecule has 1 aliphatic rings. The highest BCUT2D eigenvalue weighted by molar-refractivity contribution is 5.94. The number of rotatable bonds is 4. The molecule has 8 nitrogen and oxygen atoms in total. The van der Waals surface area contributed by atoms with Gasteiger partial charge >= 0.3 is 0 Å². The van der Waals surface area contributed by atoms with E-state index in [2.05, 4.69) is 15.2 Å². The lowest BCUT2D eigenvalue weighted by Crippen LogP contribution is -2.56. The maximum absolute atomic E-state index is 12.3. The third kappa shape index (κ3) is 3.10. The maximum atomic E-state index is 12.3. The van der Waals surface area contributed by atoms with E-state index in [9.17, 15) is 4.79 Å². The van der Waals surface area contributed by atoms with Crippen molar-refractivity contribution in [3.63, 3.8) is 0 Å². The monoisotopic (exact) mass is 339 g/mol. The molecule has 0 saturated carbocycles. The van der Waals surface area contributed by atoms with Crippen molar-refractivity contribution in [3.05, 3.63) is 48.0 Å². The normalized spacial score (nSPS) is 14.4. The summed E-state index contributed by atoms with van der Waals surface area (Å²) in [5, 5.41) is 7.82. The first kappa shape index (κ1) is 15.4. The van der Waals surface area contributed by atoms with Gasteiger partial charge in [0.05, 0.1) is 24.8 Å². The van der Waals surface area contributed by atoms with Crippen molar-refractivity contribution in [1.29, 1.82) is 0 Å². The van der Waals surface area contributed by atoms with Crippen molar-refractivity contribution >= 4 is 5.91 Å². The molecule has 2 aromatic heterocycles. The van der Waals surface area contributed by atoms with Crippen LogP contribution < -0.4 is 4.74 Å². The van der Waals surface area contributed by atoms with E-state index < -0.39 is 0 Å². The largest absolute Gasteiger partial charge is 0.487 e. The first-order valence-corrected chi connectivity index (χ1v) is 7.94. The molecule has 3 aromatic rings. The SMILES string of the molecule is Cc1noc(-c2cccc(OC3CN(C(=O)c4cnn(C)c4)C3)c2)n1. The molecule has 1 aromatic carbocycles. The summed E-state index contributed by atoms with van der Waals surface area (Å²) in [5.74, 6) is 1.74. The molecular weight excluding hydrogens is 322 g/mol. The molecule has 1 amide bonds.